The zero-order chi connectivity index (χ0) is 31.2. The summed E-state index contributed by atoms with van der Waals surface area (Å²) < 4.78 is 10.6. The number of amides is 4. The number of hydrogen-bond donors (Lipinski definition) is 4. The Balaban J connectivity index is 1.74. The van der Waals surface area contributed by atoms with Crippen molar-refractivity contribution in [3.8, 4) is 0 Å². The smallest absolute Gasteiger partial charge is 0.337 e. The van der Waals surface area contributed by atoms with Gasteiger partial charge in [-0.25, -0.2) is 9.59 Å². The number of nitrogens with one attached hydrogen (secondary N) is 3. The van der Waals surface area contributed by atoms with Gasteiger partial charge < -0.3 is 35.4 Å². The maximum atomic E-state index is 13.6. The molecule has 4 atom stereocenters. The van der Waals surface area contributed by atoms with Gasteiger partial charge in [-0.1, -0.05) is 62.4 Å². The van der Waals surface area contributed by atoms with Gasteiger partial charge in [-0.05, 0) is 38.0 Å². The van der Waals surface area contributed by atoms with Crippen molar-refractivity contribution in [1.29, 1.82) is 0 Å². The lowest BCUT2D eigenvalue weighted by Crippen LogP contribution is -2.59. The normalized spacial score (nSPS) is 18.7. The predicted octanol–water partition coefficient (Wildman–Crippen LogP) is 2.26. The summed E-state index contributed by atoms with van der Waals surface area (Å²) in [4.78, 5) is 54.5. The van der Waals surface area contributed by atoms with E-state index in [0.717, 1.165) is 37.7 Å². The molecule has 1 saturated carbocycles. The number of thioether (sulfide) groups is 1. The minimum atomic E-state index is -1.53. The van der Waals surface area contributed by atoms with E-state index in [2.05, 4.69) is 16.0 Å². The Morgan fingerprint density at radius 2 is 1.63 bits per heavy atom. The molecule has 0 aromatic heterocycles. The summed E-state index contributed by atoms with van der Waals surface area (Å²) in [6.07, 6.45) is 5.78. The number of aliphatic hydroxyl groups excluding tert-OH is 1. The second-order valence-corrected chi connectivity index (χ2v) is 12.5. The van der Waals surface area contributed by atoms with E-state index in [0.29, 0.717) is 32.7 Å². The molecule has 43 heavy (non-hydrogen) atoms. The third-order valence-corrected chi connectivity index (χ3v) is 8.44. The zero-order valence-corrected chi connectivity index (χ0v) is 26.4. The van der Waals surface area contributed by atoms with Gasteiger partial charge in [0.2, 0.25) is 11.8 Å². The fourth-order valence-corrected chi connectivity index (χ4v) is 6.05. The number of hydrogen-bond acceptors (Lipinski definition) is 8. The van der Waals surface area contributed by atoms with Crippen molar-refractivity contribution in [2.24, 2.45) is 5.92 Å². The second kappa shape index (κ2) is 18.1. The van der Waals surface area contributed by atoms with Gasteiger partial charge in [0.25, 0.3) is 0 Å². The molecule has 0 spiro atoms. The average molecular weight is 621 g/mol. The van der Waals surface area contributed by atoms with Crippen LogP contribution in [0.2, 0.25) is 0 Å². The Labute approximate surface area is 259 Å². The van der Waals surface area contributed by atoms with E-state index in [1.54, 1.807) is 18.7 Å². The largest absolute Gasteiger partial charge is 0.461 e. The highest BCUT2D eigenvalue weighted by atomic mass is 32.2. The summed E-state index contributed by atoms with van der Waals surface area (Å²) in [7, 11) is 0. The van der Waals surface area contributed by atoms with E-state index in [1.807, 2.05) is 36.6 Å². The Morgan fingerprint density at radius 3 is 2.26 bits per heavy atom. The molecule has 0 bridgehead atoms. The van der Waals surface area contributed by atoms with Gasteiger partial charge in [0, 0.05) is 25.3 Å². The summed E-state index contributed by atoms with van der Waals surface area (Å²) in [5.41, 5.74) is 0.857. The second-order valence-electron chi connectivity index (χ2n) is 11.6. The first-order chi connectivity index (χ1) is 20.7. The van der Waals surface area contributed by atoms with Crippen LogP contribution in [0.15, 0.2) is 30.3 Å². The van der Waals surface area contributed by atoms with Crippen LogP contribution >= 0.6 is 11.8 Å². The van der Waals surface area contributed by atoms with E-state index >= 15 is 0 Å². The van der Waals surface area contributed by atoms with Crippen LogP contribution in [0.4, 0.5) is 4.79 Å². The molecule has 1 aliphatic heterocycles. The van der Waals surface area contributed by atoms with Crippen molar-refractivity contribution in [1.82, 2.24) is 20.9 Å². The molecular weight excluding hydrogens is 572 g/mol. The topological polar surface area (TPSA) is 146 Å². The third kappa shape index (κ3) is 11.6. The first-order valence-electron chi connectivity index (χ1n) is 15.3. The van der Waals surface area contributed by atoms with Gasteiger partial charge in [-0.3, -0.25) is 9.59 Å². The van der Waals surface area contributed by atoms with Crippen molar-refractivity contribution in [3.63, 3.8) is 0 Å². The zero-order valence-electron chi connectivity index (χ0n) is 25.6. The minimum absolute atomic E-state index is 0.237. The molecule has 1 aliphatic carbocycles. The Bertz CT molecular complexity index is 1030. The number of carbonyl (C=O) groups is 4. The molecule has 240 valence electrons. The number of morpholine rings is 1. The van der Waals surface area contributed by atoms with Gasteiger partial charge in [-0.2, -0.15) is 11.8 Å². The Kier molecular flexibility index (Phi) is 14.6. The number of ether oxygens (including phenoxy) is 2. The van der Waals surface area contributed by atoms with Crippen molar-refractivity contribution in [3.05, 3.63) is 35.9 Å². The molecule has 4 N–H and O–H groups in total. The molecule has 1 aromatic rings. The number of aliphatic hydroxyl groups is 1. The Morgan fingerprint density at radius 1 is 0.977 bits per heavy atom. The van der Waals surface area contributed by atoms with Gasteiger partial charge in [0.15, 0.2) is 6.10 Å². The highest BCUT2D eigenvalue weighted by Crippen LogP contribution is 2.28. The Hall–Kier alpha value is -2.83. The molecular formula is C31H48N4O7S. The van der Waals surface area contributed by atoms with Crippen LogP contribution in [0, 0.1) is 5.92 Å². The summed E-state index contributed by atoms with van der Waals surface area (Å²) in [5.74, 6) is -1.26. The molecule has 4 amide bonds. The third-order valence-electron chi connectivity index (χ3n) is 7.78. The quantitative estimate of drug-likeness (QED) is 0.232. The van der Waals surface area contributed by atoms with E-state index in [-0.39, 0.29) is 24.1 Å². The summed E-state index contributed by atoms with van der Waals surface area (Å²) in [6.45, 7) is 5.11. The highest BCUT2D eigenvalue weighted by Gasteiger charge is 2.35. The summed E-state index contributed by atoms with van der Waals surface area (Å²) in [6, 6.07) is 6.23. The van der Waals surface area contributed by atoms with Crippen molar-refractivity contribution >= 4 is 35.6 Å². The van der Waals surface area contributed by atoms with Crippen LogP contribution in [0.25, 0.3) is 0 Å². The molecule has 2 aliphatic rings. The monoisotopic (exact) mass is 620 g/mol. The maximum Gasteiger partial charge on any atom is 0.337 e. The fourth-order valence-electron chi connectivity index (χ4n) is 5.49. The first-order valence-corrected chi connectivity index (χ1v) is 16.7. The van der Waals surface area contributed by atoms with Crippen molar-refractivity contribution in [2.45, 2.75) is 89.1 Å². The molecule has 0 radical (unpaired) electrons. The van der Waals surface area contributed by atoms with Gasteiger partial charge in [-0.15, -0.1) is 0 Å². The first kappa shape index (κ1) is 34.7. The van der Waals surface area contributed by atoms with Crippen LogP contribution in [0.3, 0.4) is 0 Å². The molecule has 3 rings (SSSR count). The average Bonchev–Trinajstić information content (AvgIpc) is 3.00. The van der Waals surface area contributed by atoms with Crippen molar-refractivity contribution in [2.75, 3.05) is 38.3 Å². The molecule has 1 aromatic carbocycles. The fraction of sp³-hybridized carbons (Fsp3) is 0.677. The molecule has 12 heteroatoms. The SMILES string of the molecule is CSC[C@H](NC(=O)[C@H](Cc1ccccc1)NC(=O)N1CCOCC1)C(=O)N[C@H](CC1CCCCC1)[C@H](O)C(=O)OC(C)C. The number of rotatable bonds is 14. The molecule has 2 fully saturated rings. The standard InChI is InChI=1S/C31H48N4O7S/c1-21(2)42-30(39)27(36)24(18-22-10-6-4-7-11-22)32-29(38)26(20-43-3)33-28(37)25(19-23-12-8-5-9-13-23)34-31(40)35-14-16-41-17-15-35/h5,8-9,12-13,21-22,24-27,36H,4,6-7,10-11,14-20H2,1-3H3,(H,32,38)(H,33,37)(H,34,40)/t24-,25+,26+,27+/m1/s1. The van der Waals surface area contributed by atoms with Crippen molar-refractivity contribution < 1.29 is 33.8 Å². The van der Waals surface area contributed by atoms with Crippen LogP contribution in [-0.4, -0.2) is 102 Å². The lowest BCUT2D eigenvalue weighted by Gasteiger charge is -2.31. The minimum Gasteiger partial charge on any atom is -0.461 e. The van der Waals surface area contributed by atoms with E-state index in [1.165, 1.54) is 11.8 Å². The summed E-state index contributed by atoms with van der Waals surface area (Å²) in [5, 5.41) is 19.5. The van der Waals surface area contributed by atoms with Crippen LogP contribution in [0.5, 0.6) is 0 Å². The van der Waals surface area contributed by atoms with Crippen LogP contribution in [0.1, 0.15) is 57.9 Å². The number of benzene rings is 1. The lowest BCUT2D eigenvalue weighted by molar-refractivity contribution is -0.159. The van der Waals surface area contributed by atoms with Crippen LogP contribution in [-0.2, 0) is 30.3 Å². The number of nitrogens with zero attached hydrogens (tertiary/aromatic N) is 1. The number of esters is 1. The lowest BCUT2D eigenvalue weighted by atomic mass is 9.83. The predicted molar refractivity (Wildman–Crippen MR) is 166 cm³/mol. The number of carbonyl (C=O) groups excluding carboxylic acids is 4. The van der Waals surface area contributed by atoms with Gasteiger partial charge in [0.05, 0.1) is 25.4 Å². The summed E-state index contributed by atoms with van der Waals surface area (Å²) >= 11 is 1.38. The van der Waals surface area contributed by atoms with Gasteiger partial charge in [0.1, 0.15) is 12.1 Å². The van der Waals surface area contributed by atoms with E-state index in [9.17, 15) is 24.3 Å². The molecule has 0 unspecified atom stereocenters. The van der Waals surface area contributed by atoms with Gasteiger partial charge >= 0.3 is 12.0 Å². The highest BCUT2D eigenvalue weighted by molar-refractivity contribution is 7.98. The molecule has 11 nitrogen and oxygen atoms in total. The van der Waals surface area contributed by atoms with Crippen LogP contribution < -0.4 is 16.0 Å². The molecule has 1 saturated heterocycles. The van der Waals surface area contributed by atoms with E-state index in [4.69, 9.17) is 9.47 Å². The molecule has 1 heterocycles. The maximum absolute atomic E-state index is 13.6. The number of urea groups is 1. The van der Waals surface area contributed by atoms with E-state index < -0.39 is 48.1 Å².